The molecule has 0 saturated carbocycles. The van der Waals surface area contributed by atoms with Gasteiger partial charge in [0.1, 0.15) is 17.9 Å². The molecule has 3 rings (SSSR count). The van der Waals surface area contributed by atoms with Gasteiger partial charge in [0.2, 0.25) is 5.91 Å². The first-order valence-electron chi connectivity index (χ1n) is 11.0. The van der Waals surface area contributed by atoms with Gasteiger partial charge in [-0.2, -0.15) is 0 Å². The maximum atomic E-state index is 11.8. The van der Waals surface area contributed by atoms with Crippen molar-refractivity contribution in [2.45, 2.75) is 45.7 Å². The van der Waals surface area contributed by atoms with E-state index >= 15 is 0 Å². The Hall–Kier alpha value is -3.10. The van der Waals surface area contributed by atoms with Gasteiger partial charge in [-0.1, -0.05) is 19.1 Å². The zero-order valence-corrected chi connectivity index (χ0v) is 18.5. The van der Waals surface area contributed by atoms with Crippen LogP contribution in [0.25, 0.3) is 0 Å². The molecule has 0 aliphatic carbocycles. The third-order valence-corrected chi connectivity index (χ3v) is 5.30. The van der Waals surface area contributed by atoms with Crippen LogP contribution in [0.15, 0.2) is 35.6 Å². The van der Waals surface area contributed by atoms with Crippen LogP contribution < -0.4 is 15.4 Å². The number of aliphatic imine (C=N–C) groups is 1. The van der Waals surface area contributed by atoms with E-state index in [-0.39, 0.29) is 5.91 Å². The van der Waals surface area contributed by atoms with Crippen molar-refractivity contribution in [3.8, 4) is 5.75 Å². The molecule has 1 aliphatic rings. The van der Waals surface area contributed by atoms with Gasteiger partial charge in [0.25, 0.3) is 0 Å². The number of carbonyl (C=O) groups excluding carboxylic acids is 1. The molecular weight excluding hydrogens is 394 g/mol. The van der Waals surface area contributed by atoms with E-state index in [1.165, 1.54) is 0 Å². The molecule has 31 heavy (non-hydrogen) atoms. The molecule has 0 unspecified atom stereocenters. The first-order valence-corrected chi connectivity index (χ1v) is 11.0. The van der Waals surface area contributed by atoms with Crippen molar-refractivity contribution in [2.75, 3.05) is 33.3 Å². The molecule has 0 atom stereocenters. The first kappa shape index (κ1) is 22.6. The molecule has 0 bridgehead atoms. The highest BCUT2D eigenvalue weighted by molar-refractivity contribution is 5.80. The van der Waals surface area contributed by atoms with Gasteiger partial charge in [0.05, 0.1) is 13.7 Å². The third kappa shape index (κ3) is 6.97. The number of likely N-dealkylation sites (tertiary alicyclic amines) is 1. The van der Waals surface area contributed by atoms with E-state index in [2.05, 4.69) is 27.8 Å². The number of aryl methyl sites for hydroxylation is 1. The number of carbonyl (C=O) groups is 1. The summed E-state index contributed by atoms with van der Waals surface area (Å²) >= 11 is 0. The summed E-state index contributed by atoms with van der Waals surface area (Å²) < 4.78 is 7.27. The Morgan fingerprint density at radius 1 is 1.19 bits per heavy atom. The zero-order chi connectivity index (χ0) is 21.9. The molecule has 2 heterocycles. The molecule has 1 aromatic carbocycles. The first-order chi connectivity index (χ1) is 15.2. The van der Waals surface area contributed by atoms with E-state index in [1.807, 2.05) is 33.7 Å². The number of benzene rings is 1. The molecule has 1 saturated heterocycles. The summed E-state index contributed by atoms with van der Waals surface area (Å²) in [7, 11) is 1.66. The van der Waals surface area contributed by atoms with Gasteiger partial charge in [0.15, 0.2) is 5.96 Å². The van der Waals surface area contributed by atoms with Gasteiger partial charge in [-0.3, -0.25) is 4.79 Å². The molecule has 1 aromatic heterocycles. The Kier molecular flexibility index (Phi) is 8.69. The molecule has 1 fully saturated rings. The zero-order valence-electron chi connectivity index (χ0n) is 18.5. The summed E-state index contributed by atoms with van der Waals surface area (Å²) in [6, 6.07) is 7.92. The fourth-order valence-corrected chi connectivity index (χ4v) is 3.53. The Bertz CT molecular complexity index is 848. The van der Waals surface area contributed by atoms with Crippen LogP contribution in [0.4, 0.5) is 0 Å². The van der Waals surface area contributed by atoms with Crippen LogP contribution in [0.5, 0.6) is 5.75 Å². The van der Waals surface area contributed by atoms with Crippen molar-refractivity contribution in [3.63, 3.8) is 0 Å². The third-order valence-electron chi connectivity index (χ3n) is 5.30. The normalized spacial score (nSPS) is 14.2. The SMILES string of the molecule is CCc1nncn1CCNC(=NCc1ccc(OC)cc1)NCCCN1CCCC1=O. The Morgan fingerprint density at radius 3 is 2.71 bits per heavy atom. The minimum Gasteiger partial charge on any atom is -0.497 e. The maximum absolute atomic E-state index is 11.8. The molecular formula is C22H33N7O2. The van der Waals surface area contributed by atoms with Crippen molar-refractivity contribution >= 4 is 11.9 Å². The summed E-state index contributed by atoms with van der Waals surface area (Å²) in [4.78, 5) is 18.4. The van der Waals surface area contributed by atoms with Crippen LogP contribution in [0.3, 0.4) is 0 Å². The quantitative estimate of drug-likeness (QED) is 0.321. The summed E-state index contributed by atoms with van der Waals surface area (Å²) in [5.74, 6) is 2.84. The number of guanidine groups is 1. The second-order valence-corrected chi connectivity index (χ2v) is 7.50. The van der Waals surface area contributed by atoms with Crippen molar-refractivity contribution < 1.29 is 9.53 Å². The van der Waals surface area contributed by atoms with E-state index in [9.17, 15) is 4.79 Å². The summed E-state index contributed by atoms with van der Waals surface area (Å²) in [6.45, 7) is 6.54. The smallest absolute Gasteiger partial charge is 0.222 e. The predicted molar refractivity (Wildman–Crippen MR) is 120 cm³/mol. The van der Waals surface area contributed by atoms with Crippen LogP contribution in [0.1, 0.15) is 37.6 Å². The minimum absolute atomic E-state index is 0.271. The van der Waals surface area contributed by atoms with Crippen LogP contribution in [-0.4, -0.2) is 64.8 Å². The summed E-state index contributed by atoms with van der Waals surface area (Å²) in [5, 5.41) is 14.9. The van der Waals surface area contributed by atoms with Crippen molar-refractivity contribution in [1.82, 2.24) is 30.3 Å². The second kappa shape index (κ2) is 11.9. The molecule has 2 N–H and O–H groups in total. The summed E-state index contributed by atoms with van der Waals surface area (Å²) in [6.07, 6.45) is 5.17. The number of aromatic nitrogens is 3. The molecule has 2 aromatic rings. The number of nitrogens with zero attached hydrogens (tertiary/aromatic N) is 5. The van der Waals surface area contributed by atoms with Gasteiger partial charge in [-0.05, 0) is 30.5 Å². The number of amides is 1. The fourth-order valence-electron chi connectivity index (χ4n) is 3.53. The Morgan fingerprint density at radius 2 is 2.00 bits per heavy atom. The lowest BCUT2D eigenvalue weighted by Gasteiger charge is -2.17. The van der Waals surface area contributed by atoms with E-state index in [1.54, 1.807) is 13.4 Å². The Labute approximate surface area is 183 Å². The van der Waals surface area contributed by atoms with Crippen molar-refractivity contribution in [3.05, 3.63) is 42.0 Å². The molecule has 0 spiro atoms. The number of hydrogen-bond acceptors (Lipinski definition) is 5. The summed E-state index contributed by atoms with van der Waals surface area (Å²) in [5.41, 5.74) is 1.11. The van der Waals surface area contributed by atoms with E-state index in [0.717, 1.165) is 68.5 Å². The predicted octanol–water partition coefficient (Wildman–Crippen LogP) is 1.60. The number of hydrogen-bond donors (Lipinski definition) is 2. The van der Waals surface area contributed by atoms with Gasteiger partial charge in [-0.25, -0.2) is 4.99 Å². The number of ether oxygens (including phenoxy) is 1. The van der Waals surface area contributed by atoms with Crippen molar-refractivity contribution in [2.24, 2.45) is 4.99 Å². The van der Waals surface area contributed by atoms with E-state index < -0.39 is 0 Å². The highest BCUT2D eigenvalue weighted by Crippen LogP contribution is 2.12. The van der Waals surface area contributed by atoms with Gasteiger partial charge < -0.3 is 24.8 Å². The fraction of sp³-hybridized carbons (Fsp3) is 0.545. The molecule has 1 aliphatic heterocycles. The average molecular weight is 428 g/mol. The maximum Gasteiger partial charge on any atom is 0.222 e. The highest BCUT2D eigenvalue weighted by Gasteiger charge is 2.18. The number of methoxy groups -OCH3 is 1. The standard InChI is InChI=1S/C22H33N7O2/c1-3-20-27-26-17-29(20)15-12-24-22(23-11-5-14-28-13-4-6-21(28)30)25-16-18-7-9-19(31-2)10-8-18/h7-10,17H,3-6,11-16H2,1-2H3,(H2,23,24,25). The number of rotatable bonds is 11. The lowest BCUT2D eigenvalue weighted by Crippen LogP contribution is -2.40. The topological polar surface area (TPSA) is 96.7 Å². The van der Waals surface area contributed by atoms with E-state index in [4.69, 9.17) is 9.73 Å². The van der Waals surface area contributed by atoms with Crippen LogP contribution in [0.2, 0.25) is 0 Å². The molecule has 168 valence electrons. The lowest BCUT2D eigenvalue weighted by molar-refractivity contribution is -0.127. The van der Waals surface area contributed by atoms with Crippen molar-refractivity contribution in [1.29, 1.82) is 0 Å². The molecule has 9 heteroatoms. The lowest BCUT2D eigenvalue weighted by atomic mass is 10.2. The van der Waals surface area contributed by atoms with Gasteiger partial charge >= 0.3 is 0 Å². The van der Waals surface area contributed by atoms with Gasteiger partial charge in [-0.15, -0.1) is 10.2 Å². The van der Waals surface area contributed by atoms with Crippen LogP contribution in [0, 0.1) is 0 Å². The number of nitrogens with one attached hydrogen (secondary N) is 2. The minimum atomic E-state index is 0.271. The molecule has 1 amide bonds. The Balaban J connectivity index is 1.51. The van der Waals surface area contributed by atoms with Gasteiger partial charge in [0, 0.05) is 45.6 Å². The highest BCUT2D eigenvalue weighted by atomic mass is 16.5. The average Bonchev–Trinajstić information content (AvgIpc) is 3.43. The van der Waals surface area contributed by atoms with Crippen LogP contribution >= 0.6 is 0 Å². The van der Waals surface area contributed by atoms with Crippen LogP contribution in [-0.2, 0) is 24.3 Å². The monoisotopic (exact) mass is 427 g/mol. The second-order valence-electron chi connectivity index (χ2n) is 7.50. The molecule has 0 radical (unpaired) electrons. The largest absolute Gasteiger partial charge is 0.497 e. The molecule has 9 nitrogen and oxygen atoms in total. The van der Waals surface area contributed by atoms with E-state index in [0.29, 0.717) is 19.5 Å².